The van der Waals surface area contributed by atoms with E-state index in [-0.39, 0.29) is 140 Å². The van der Waals surface area contributed by atoms with Crippen LogP contribution in [0.2, 0.25) is 0 Å². The van der Waals surface area contributed by atoms with E-state index >= 15 is 0 Å². The molecule has 0 saturated carbocycles. The van der Waals surface area contributed by atoms with Gasteiger partial charge in [0.05, 0.1) is 11.4 Å². The van der Waals surface area contributed by atoms with E-state index in [1.807, 2.05) is 97.9 Å². The molecule has 0 radical (unpaired) electrons. The number of imidazole rings is 2. The number of nitrogens with zero attached hydrogens (tertiary/aromatic N) is 5. The van der Waals surface area contributed by atoms with Crippen LogP contribution in [0.15, 0.2) is 122 Å². The number of hydrogen-bond donors (Lipinski definition) is 3. The van der Waals surface area contributed by atoms with E-state index in [1.54, 1.807) is 36.4 Å². The number of anilines is 3. The fourth-order valence-corrected chi connectivity index (χ4v) is 6.15. The zero-order chi connectivity index (χ0) is 47.4. The van der Waals surface area contributed by atoms with Gasteiger partial charge in [-0.1, -0.05) is 36.4 Å². The van der Waals surface area contributed by atoms with E-state index in [0.717, 1.165) is 57.1 Å². The van der Waals surface area contributed by atoms with Crippen molar-refractivity contribution in [1.29, 1.82) is 0 Å². The second-order valence-corrected chi connectivity index (χ2v) is 14.4. The molecule has 346 valence electrons. The van der Waals surface area contributed by atoms with Crippen molar-refractivity contribution < 1.29 is 151 Å². The molecule has 0 unspecified atom stereocenters. The molecular weight excluding hydrogens is 965 g/mol. The van der Waals surface area contributed by atoms with Gasteiger partial charge in [-0.25, -0.2) is 31.9 Å². The third-order valence-electron chi connectivity index (χ3n) is 9.09. The molecule has 0 spiro atoms. The van der Waals surface area contributed by atoms with E-state index < -0.39 is 40.9 Å². The number of fused-ring (bicyclic) bond motifs is 2. The number of benzene rings is 4. The molecule has 0 aliphatic carbocycles. The van der Waals surface area contributed by atoms with Crippen molar-refractivity contribution in [3.05, 3.63) is 173 Å². The van der Waals surface area contributed by atoms with Gasteiger partial charge in [0, 0.05) is 72.5 Å². The van der Waals surface area contributed by atoms with Gasteiger partial charge in [-0.15, -0.1) is 12.4 Å². The van der Waals surface area contributed by atoms with Gasteiger partial charge in [0.2, 0.25) is 0 Å². The summed E-state index contributed by atoms with van der Waals surface area (Å²) in [5, 5.41) is 16.4. The average Bonchev–Trinajstić information content (AvgIpc) is 3.90. The molecule has 0 fully saturated rings. The normalized spacial score (nSPS) is 9.94. The third kappa shape index (κ3) is 16.1. The number of carbonyl (C=O) groups is 3. The minimum atomic E-state index is -1.61. The van der Waals surface area contributed by atoms with Crippen LogP contribution in [-0.2, 0) is 9.68 Å². The van der Waals surface area contributed by atoms with Gasteiger partial charge in [-0.3, -0.25) is 14.4 Å². The molecule has 2 amide bonds. The van der Waals surface area contributed by atoms with E-state index in [1.165, 1.54) is 19.0 Å². The van der Waals surface area contributed by atoms with Crippen LogP contribution in [0.3, 0.4) is 0 Å². The Bertz CT molecular complexity index is 2920. The molecule has 0 bridgehead atoms. The van der Waals surface area contributed by atoms with Crippen LogP contribution in [0, 0.1) is 42.9 Å². The number of rotatable bonds is 8. The maximum Gasteiger partial charge on any atom is 1.00 e. The number of amides is 2. The zero-order valence-corrected chi connectivity index (χ0v) is 45.3. The van der Waals surface area contributed by atoms with Crippen LogP contribution in [0.5, 0.6) is 0 Å². The van der Waals surface area contributed by atoms with Crippen molar-refractivity contribution in [3.63, 3.8) is 0 Å². The smallest absolute Gasteiger partial charge is 1.00 e. The summed E-state index contributed by atoms with van der Waals surface area (Å²) < 4.78 is 71.8. The van der Waals surface area contributed by atoms with Gasteiger partial charge < -0.3 is 41.2 Å². The van der Waals surface area contributed by atoms with E-state index in [0.29, 0.717) is 23.5 Å². The maximum absolute atomic E-state index is 14.1. The fourth-order valence-electron chi connectivity index (χ4n) is 6.15. The molecule has 4 aromatic heterocycles. The van der Waals surface area contributed by atoms with Crippen molar-refractivity contribution in [1.82, 2.24) is 24.1 Å². The Hall–Kier alpha value is -4.40. The van der Waals surface area contributed by atoms with Gasteiger partial charge in [0.15, 0.2) is 17.5 Å². The van der Waals surface area contributed by atoms with Crippen molar-refractivity contribution in [2.45, 2.75) is 13.8 Å². The van der Waals surface area contributed by atoms with Crippen LogP contribution in [0.4, 0.5) is 39.0 Å². The zero-order valence-electron chi connectivity index (χ0n) is 39.2. The van der Waals surface area contributed by atoms with E-state index in [2.05, 4.69) is 30.8 Å². The Kier molecular flexibility index (Phi) is 24.9. The average molecular weight is 1010 g/mol. The second kappa shape index (κ2) is 28.3. The Labute approximate surface area is 481 Å². The molecule has 13 nitrogen and oxygen atoms in total. The summed E-state index contributed by atoms with van der Waals surface area (Å²) in [5.74, 6) is -7.35. The monoisotopic (exact) mass is 1010 g/mol. The Morgan fingerprint density at radius 2 is 0.971 bits per heavy atom. The summed E-state index contributed by atoms with van der Waals surface area (Å²) >= 11 is 0. The topological polar surface area (TPSA) is 157 Å². The van der Waals surface area contributed by atoms with Crippen molar-refractivity contribution in [2.24, 2.45) is 0 Å². The molecule has 8 aromatic rings. The standard InChI is InChI=1S/C23H20F2N4O.C21H14F3N3O.C2H7N.CH2O3.ClH.2K.H/c1-14-4-9-21-27-20(13-29(21)12-14)15-5-7-17(8-6-15)26-23(30)16-10-18(24)22(28(2)3)19(25)11-16;1-12-2-7-19-26-18(11-27(19)10-12)13-3-5-15(6-4-13)25-21(28)14-8-16(22)20(24)17(23)9-14;1-3-2;2-1-4-3;;;;/h4-13H,1-3H3,(H,26,30);2-11H,1H3,(H,25,28);3H,1-2H3;1,3H;1H;;;/q;;;;;2*+1;-1/p-1. The first-order chi connectivity index (χ1) is 31.0. The molecule has 8 rings (SSSR count). The van der Waals surface area contributed by atoms with Gasteiger partial charge in [-0.05, 0) is 99.7 Å². The van der Waals surface area contributed by atoms with Crippen molar-refractivity contribution in [3.8, 4) is 22.5 Å². The summed E-state index contributed by atoms with van der Waals surface area (Å²) in [6, 6.07) is 25.2. The van der Waals surface area contributed by atoms with Gasteiger partial charge in [0.25, 0.3) is 18.3 Å². The molecule has 4 heterocycles. The number of carbonyl (C=O) groups excluding carboxylic acids is 3. The fraction of sp³-hybridized carbons (Fsp3) is 0.128. The number of aromatic nitrogens is 4. The first-order valence-corrected chi connectivity index (χ1v) is 19.4. The maximum atomic E-state index is 14.1. The molecule has 0 aliphatic heterocycles. The summed E-state index contributed by atoms with van der Waals surface area (Å²) in [6.45, 7) is 3.83. The van der Waals surface area contributed by atoms with Crippen LogP contribution < -0.4 is 129 Å². The number of hydrogen-bond acceptors (Lipinski definition) is 9. The number of aryl methyl sites for hydroxylation is 2. The van der Waals surface area contributed by atoms with Crippen molar-refractivity contribution >= 4 is 59.1 Å². The van der Waals surface area contributed by atoms with Gasteiger partial charge >= 0.3 is 103 Å². The van der Waals surface area contributed by atoms with Gasteiger partial charge in [0.1, 0.15) is 28.6 Å². The molecule has 3 N–H and O–H groups in total. The predicted molar refractivity (Wildman–Crippen MR) is 244 cm³/mol. The molecule has 0 atom stereocenters. The van der Waals surface area contributed by atoms with Crippen LogP contribution in [0.25, 0.3) is 33.8 Å². The SMILES string of the molecule is CNC.Cc1ccc2nc(-c3ccc(NC(=O)c4cc(F)c(F)c(F)c4)cc3)cn2c1.Cc1ccc2nc(-c3ccc(NC(=O)c4cc(F)c(N(C)C)c(F)c4)cc3)cn2c1.Cl.O=CO[O-].[H-].[K+].[K+]. The molecular formula is C47H44ClF5K2N8O5. The van der Waals surface area contributed by atoms with Crippen molar-refractivity contribution in [2.75, 3.05) is 43.7 Å². The molecule has 68 heavy (non-hydrogen) atoms. The summed E-state index contributed by atoms with van der Waals surface area (Å²) in [6.07, 6.45) is 7.81. The minimum Gasteiger partial charge on any atom is -1.00 e. The molecule has 0 saturated heterocycles. The third-order valence-corrected chi connectivity index (χ3v) is 9.09. The largest absolute Gasteiger partial charge is 1.00 e. The van der Waals surface area contributed by atoms with Crippen LogP contribution in [-0.4, -0.2) is 65.2 Å². The predicted octanol–water partition coefficient (Wildman–Crippen LogP) is 2.70. The Morgan fingerprint density at radius 3 is 1.29 bits per heavy atom. The summed E-state index contributed by atoms with van der Waals surface area (Å²) in [4.78, 5) is 46.3. The first-order valence-electron chi connectivity index (χ1n) is 19.4. The van der Waals surface area contributed by atoms with E-state index in [4.69, 9.17) is 10.1 Å². The first kappa shape index (κ1) is 59.7. The molecule has 0 aliphatic rings. The summed E-state index contributed by atoms with van der Waals surface area (Å²) in [7, 11) is 6.82. The quantitative estimate of drug-likeness (QED) is 0.0521. The molecule has 4 aromatic carbocycles. The number of nitrogens with one attached hydrogen (secondary N) is 3. The van der Waals surface area contributed by atoms with Crippen LogP contribution >= 0.6 is 12.4 Å². The Morgan fingerprint density at radius 1 is 0.632 bits per heavy atom. The van der Waals surface area contributed by atoms with Gasteiger partial charge in [-0.2, -0.15) is 0 Å². The van der Waals surface area contributed by atoms with Crippen LogP contribution in [0.1, 0.15) is 33.3 Å². The summed E-state index contributed by atoms with van der Waals surface area (Å²) in [5.41, 5.74) is 7.59. The Balaban J connectivity index is 0.000000579. The number of pyridine rings is 2. The van der Waals surface area contributed by atoms with E-state index in [9.17, 15) is 31.5 Å². The second-order valence-electron chi connectivity index (χ2n) is 14.4. The molecule has 21 heteroatoms. The number of halogens is 6. The minimum absolute atomic E-state index is 0.